The van der Waals surface area contributed by atoms with Gasteiger partial charge in [-0.25, -0.2) is 0 Å². The van der Waals surface area contributed by atoms with E-state index in [-0.39, 0.29) is 12.2 Å². The maximum absolute atomic E-state index is 12.4. The largest absolute Gasteiger partial charge is 0.416 e. The van der Waals surface area contributed by atoms with Crippen LogP contribution in [0, 0.1) is 0 Å². The quantitative estimate of drug-likeness (QED) is 0.684. The van der Waals surface area contributed by atoms with E-state index in [1.54, 1.807) is 0 Å². The van der Waals surface area contributed by atoms with Crippen LogP contribution in [0.4, 0.5) is 13.2 Å². The average Bonchev–Trinajstić information content (AvgIpc) is 2.37. The molecule has 2 aromatic carbocycles. The van der Waals surface area contributed by atoms with Crippen molar-refractivity contribution in [2.24, 2.45) is 0 Å². The molecule has 0 unspecified atom stereocenters. The minimum absolute atomic E-state index is 0.0190. The molecule has 0 atom stereocenters. The van der Waals surface area contributed by atoms with E-state index < -0.39 is 11.7 Å². The molecule has 1 nitrogen and oxygen atoms in total. The fourth-order valence-electron chi connectivity index (χ4n) is 1.81. The third kappa shape index (κ3) is 4.22. The second kappa shape index (κ2) is 6.08. The van der Waals surface area contributed by atoms with Crippen LogP contribution < -0.4 is 0 Å². The zero-order valence-electron chi connectivity index (χ0n) is 10.5. The molecule has 0 saturated carbocycles. The Labute approximate surface area is 129 Å². The van der Waals surface area contributed by atoms with E-state index in [4.69, 9.17) is 23.2 Å². The fraction of sp³-hybridized carbons (Fsp3) is 0.133. The predicted molar refractivity (Wildman–Crippen MR) is 75.9 cm³/mol. The van der Waals surface area contributed by atoms with Crippen LogP contribution in [0.25, 0.3) is 0 Å². The van der Waals surface area contributed by atoms with E-state index in [0.29, 0.717) is 21.2 Å². The molecule has 21 heavy (non-hydrogen) atoms. The number of hydrogen-bond donors (Lipinski definition) is 0. The fourth-order valence-corrected chi connectivity index (χ4v) is 2.34. The van der Waals surface area contributed by atoms with Crippen molar-refractivity contribution < 1.29 is 18.0 Å². The van der Waals surface area contributed by atoms with Crippen LogP contribution in [0.3, 0.4) is 0 Å². The number of benzene rings is 2. The van der Waals surface area contributed by atoms with Gasteiger partial charge in [-0.3, -0.25) is 4.79 Å². The van der Waals surface area contributed by atoms with Crippen LogP contribution in [0.5, 0.6) is 0 Å². The van der Waals surface area contributed by atoms with Gasteiger partial charge < -0.3 is 0 Å². The molecule has 0 spiro atoms. The maximum Gasteiger partial charge on any atom is 0.416 e. The van der Waals surface area contributed by atoms with Gasteiger partial charge in [0.15, 0.2) is 5.78 Å². The SMILES string of the molecule is O=C(Cc1ccc(C(F)(F)F)cc1)c1cc(Cl)cc(Cl)c1. The normalized spacial score (nSPS) is 11.5. The highest BCUT2D eigenvalue weighted by Crippen LogP contribution is 2.29. The van der Waals surface area contributed by atoms with Gasteiger partial charge in [0.1, 0.15) is 0 Å². The molecule has 0 bridgehead atoms. The Bertz CT molecular complexity index is 643. The summed E-state index contributed by atoms with van der Waals surface area (Å²) in [5.41, 5.74) is 0.0704. The first-order chi connectivity index (χ1) is 9.75. The summed E-state index contributed by atoms with van der Waals surface area (Å²) in [5, 5.41) is 0.663. The summed E-state index contributed by atoms with van der Waals surface area (Å²) in [6, 6.07) is 8.92. The smallest absolute Gasteiger partial charge is 0.294 e. The van der Waals surface area contributed by atoms with Crippen molar-refractivity contribution in [1.29, 1.82) is 0 Å². The third-order valence-corrected chi connectivity index (χ3v) is 3.27. The minimum Gasteiger partial charge on any atom is -0.294 e. The van der Waals surface area contributed by atoms with Gasteiger partial charge in [0.25, 0.3) is 0 Å². The molecule has 0 radical (unpaired) electrons. The molecule has 0 aliphatic rings. The van der Waals surface area contributed by atoms with Crippen molar-refractivity contribution in [2.75, 3.05) is 0 Å². The molecule has 2 aromatic rings. The molecule has 110 valence electrons. The Morgan fingerprint density at radius 1 is 0.952 bits per heavy atom. The van der Waals surface area contributed by atoms with Crippen LogP contribution in [0.2, 0.25) is 10.0 Å². The molecule has 0 fully saturated rings. The first kappa shape index (κ1) is 15.9. The minimum atomic E-state index is -4.39. The highest BCUT2D eigenvalue weighted by atomic mass is 35.5. The average molecular weight is 333 g/mol. The lowest BCUT2D eigenvalue weighted by Gasteiger charge is -2.07. The second-order valence-electron chi connectivity index (χ2n) is 4.45. The maximum atomic E-state index is 12.4. The summed E-state index contributed by atoms with van der Waals surface area (Å²) in [5.74, 6) is -0.265. The summed E-state index contributed by atoms with van der Waals surface area (Å²) in [4.78, 5) is 12.1. The van der Waals surface area contributed by atoms with Gasteiger partial charge in [0.2, 0.25) is 0 Å². The lowest BCUT2D eigenvalue weighted by atomic mass is 10.0. The Hall–Kier alpha value is -1.52. The van der Waals surface area contributed by atoms with Crippen molar-refractivity contribution in [3.8, 4) is 0 Å². The second-order valence-corrected chi connectivity index (χ2v) is 5.33. The summed E-state index contributed by atoms with van der Waals surface area (Å²) in [6.45, 7) is 0. The highest BCUT2D eigenvalue weighted by Gasteiger charge is 2.29. The summed E-state index contributed by atoms with van der Waals surface area (Å²) >= 11 is 11.6. The van der Waals surface area contributed by atoms with Gasteiger partial charge >= 0.3 is 6.18 Å². The molecule has 0 heterocycles. The van der Waals surface area contributed by atoms with Crippen LogP contribution in [0.15, 0.2) is 42.5 Å². The monoisotopic (exact) mass is 332 g/mol. The number of rotatable bonds is 3. The van der Waals surface area contributed by atoms with E-state index in [2.05, 4.69) is 0 Å². The van der Waals surface area contributed by atoms with Crippen molar-refractivity contribution in [1.82, 2.24) is 0 Å². The molecular weight excluding hydrogens is 324 g/mol. The lowest BCUT2D eigenvalue weighted by molar-refractivity contribution is -0.137. The number of alkyl halides is 3. The molecule has 0 aliphatic carbocycles. The topological polar surface area (TPSA) is 17.1 Å². The lowest BCUT2D eigenvalue weighted by Crippen LogP contribution is -2.06. The Morgan fingerprint density at radius 2 is 1.48 bits per heavy atom. The first-order valence-electron chi connectivity index (χ1n) is 5.91. The number of hydrogen-bond acceptors (Lipinski definition) is 1. The zero-order chi connectivity index (χ0) is 15.6. The van der Waals surface area contributed by atoms with Crippen molar-refractivity contribution in [2.45, 2.75) is 12.6 Å². The number of ketones is 1. The number of Topliss-reactive ketones (excluding diaryl/α,β-unsaturated/α-hetero) is 1. The van der Waals surface area contributed by atoms with Crippen LogP contribution >= 0.6 is 23.2 Å². The van der Waals surface area contributed by atoms with E-state index >= 15 is 0 Å². The Kier molecular flexibility index (Phi) is 4.59. The number of carbonyl (C=O) groups excluding carboxylic acids is 1. The zero-order valence-corrected chi connectivity index (χ0v) is 12.1. The van der Waals surface area contributed by atoms with Crippen LogP contribution in [-0.2, 0) is 12.6 Å². The predicted octanol–water partition coefficient (Wildman–Crippen LogP) is 5.44. The summed E-state index contributed by atoms with van der Waals surface area (Å²) in [6.07, 6.45) is -4.40. The molecule has 0 N–H and O–H groups in total. The van der Waals surface area contributed by atoms with Gasteiger partial charge in [-0.2, -0.15) is 13.2 Å². The molecule has 0 amide bonds. The molecular formula is C15H9Cl2F3O. The summed E-state index contributed by atoms with van der Waals surface area (Å²) in [7, 11) is 0. The summed E-state index contributed by atoms with van der Waals surface area (Å²) < 4.78 is 37.3. The van der Waals surface area contributed by atoms with Crippen LogP contribution in [-0.4, -0.2) is 5.78 Å². The van der Waals surface area contributed by atoms with Crippen LogP contribution in [0.1, 0.15) is 21.5 Å². The van der Waals surface area contributed by atoms with Gasteiger partial charge in [-0.15, -0.1) is 0 Å². The van der Waals surface area contributed by atoms with Crippen molar-refractivity contribution >= 4 is 29.0 Å². The number of halogens is 5. The highest BCUT2D eigenvalue weighted by molar-refractivity contribution is 6.35. The Morgan fingerprint density at radius 3 is 1.95 bits per heavy atom. The Balaban J connectivity index is 2.16. The molecule has 0 aliphatic heterocycles. The molecule has 0 saturated heterocycles. The van der Waals surface area contributed by atoms with Crippen molar-refractivity contribution in [3.63, 3.8) is 0 Å². The first-order valence-corrected chi connectivity index (χ1v) is 6.67. The van der Waals surface area contributed by atoms with E-state index in [1.165, 1.54) is 30.3 Å². The van der Waals surface area contributed by atoms with Gasteiger partial charge in [0, 0.05) is 22.0 Å². The third-order valence-electron chi connectivity index (χ3n) is 2.83. The van der Waals surface area contributed by atoms with E-state index in [1.807, 2.05) is 0 Å². The van der Waals surface area contributed by atoms with Gasteiger partial charge in [0.05, 0.1) is 5.56 Å². The standard InChI is InChI=1S/C15H9Cl2F3O/c16-12-6-10(7-13(17)8-12)14(21)5-9-1-3-11(4-2-9)15(18,19)20/h1-4,6-8H,5H2. The molecule has 6 heteroatoms. The van der Waals surface area contributed by atoms with E-state index in [0.717, 1.165) is 12.1 Å². The molecule has 0 aromatic heterocycles. The molecule has 2 rings (SSSR count). The van der Waals surface area contributed by atoms with Gasteiger partial charge in [-0.05, 0) is 35.9 Å². The van der Waals surface area contributed by atoms with Crippen molar-refractivity contribution in [3.05, 3.63) is 69.2 Å². The number of carbonyl (C=O) groups is 1. The van der Waals surface area contributed by atoms with E-state index in [9.17, 15) is 18.0 Å². The van der Waals surface area contributed by atoms with Gasteiger partial charge in [-0.1, -0.05) is 35.3 Å².